The monoisotopic (exact) mass is 363 g/mol. The summed E-state index contributed by atoms with van der Waals surface area (Å²) in [5, 5.41) is 5.74. The maximum absolute atomic E-state index is 12.4. The number of carbonyl (C=O) groups is 2. The molecule has 1 aliphatic rings. The zero-order chi connectivity index (χ0) is 19.1. The van der Waals surface area contributed by atoms with Crippen molar-refractivity contribution in [3.63, 3.8) is 0 Å². The summed E-state index contributed by atoms with van der Waals surface area (Å²) in [5.74, 6) is -0.513. The first-order chi connectivity index (χ1) is 13.1. The molecule has 0 spiro atoms. The van der Waals surface area contributed by atoms with Crippen molar-refractivity contribution in [1.82, 2.24) is 10.3 Å². The zero-order valence-electron chi connectivity index (χ0n) is 15.6. The molecule has 1 aromatic heterocycles. The lowest BCUT2D eigenvalue weighted by molar-refractivity contribution is 0.0949. The predicted octanol–water partition coefficient (Wildman–Crippen LogP) is 4.26. The van der Waals surface area contributed by atoms with Crippen LogP contribution in [0.2, 0.25) is 0 Å². The molecule has 0 atom stereocenters. The Hall–Kier alpha value is -2.95. The van der Waals surface area contributed by atoms with Gasteiger partial charge in [0.1, 0.15) is 5.69 Å². The summed E-state index contributed by atoms with van der Waals surface area (Å²) < 4.78 is 0. The summed E-state index contributed by atoms with van der Waals surface area (Å²) in [7, 11) is 0. The highest BCUT2D eigenvalue weighted by Gasteiger charge is 2.12. The topological polar surface area (TPSA) is 71.1 Å². The van der Waals surface area contributed by atoms with Crippen molar-refractivity contribution < 1.29 is 9.59 Å². The fourth-order valence-electron chi connectivity index (χ4n) is 3.18. The molecule has 1 heterocycles. The van der Waals surface area contributed by atoms with Gasteiger partial charge in [0.2, 0.25) is 0 Å². The molecular weight excluding hydrogens is 338 g/mol. The summed E-state index contributed by atoms with van der Waals surface area (Å²) in [6.07, 6.45) is 9.41. The quantitative estimate of drug-likeness (QED) is 0.753. The first-order valence-corrected chi connectivity index (χ1v) is 9.42. The number of aryl methyl sites for hydroxylation is 1. The van der Waals surface area contributed by atoms with Crippen LogP contribution < -0.4 is 10.6 Å². The van der Waals surface area contributed by atoms with Crippen molar-refractivity contribution in [2.24, 2.45) is 0 Å². The molecular formula is C22H25N3O2. The summed E-state index contributed by atoms with van der Waals surface area (Å²) in [4.78, 5) is 28.9. The van der Waals surface area contributed by atoms with Crippen molar-refractivity contribution >= 4 is 17.5 Å². The summed E-state index contributed by atoms with van der Waals surface area (Å²) in [6, 6.07) is 10.7. The van der Waals surface area contributed by atoms with Gasteiger partial charge in [0.15, 0.2) is 0 Å². The number of nitrogens with zero attached hydrogens (tertiary/aromatic N) is 1. The molecule has 2 amide bonds. The maximum atomic E-state index is 12.4. The zero-order valence-corrected chi connectivity index (χ0v) is 15.6. The fourth-order valence-corrected chi connectivity index (χ4v) is 3.18. The average molecular weight is 363 g/mol. The molecule has 140 valence electrons. The number of hydrogen-bond acceptors (Lipinski definition) is 3. The third-order valence-electron chi connectivity index (χ3n) is 4.65. The Morgan fingerprint density at radius 2 is 2.00 bits per heavy atom. The molecule has 0 saturated heterocycles. The molecule has 0 saturated carbocycles. The van der Waals surface area contributed by atoms with E-state index >= 15 is 0 Å². The summed E-state index contributed by atoms with van der Waals surface area (Å²) >= 11 is 0. The fraction of sp³-hybridized carbons (Fsp3) is 0.318. The Balaban J connectivity index is 1.58. The first-order valence-electron chi connectivity index (χ1n) is 9.42. The highest BCUT2D eigenvalue weighted by atomic mass is 16.2. The molecule has 2 N–H and O–H groups in total. The second-order valence-corrected chi connectivity index (χ2v) is 6.87. The highest BCUT2D eigenvalue weighted by molar-refractivity contribution is 6.05. The number of hydrogen-bond donors (Lipinski definition) is 2. The largest absolute Gasteiger partial charge is 0.350 e. The van der Waals surface area contributed by atoms with Crippen LogP contribution in [0.4, 0.5) is 5.69 Å². The number of carbonyl (C=O) groups excluding carboxylic acids is 2. The Kier molecular flexibility index (Phi) is 6.36. The number of aromatic nitrogens is 1. The number of amides is 2. The van der Waals surface area contributed by atoms with E-state index in [1.54, 1.807) is 6.07 Å². The van der Waals surface area contributed by atoms with Gasteiger partial charge in [-0.2, -0.15) is 0 Å². The van der Waals surface area contributed by atoms with E-state index in [2.05, 4.69) is 21.7 Å². The molecule has 2 aromatic rings. The highest BCUT2D eigenvalue weighted by Crippen LogP contribution is 2.19. The Labute approximate surface area is 159 Å². The molecule has 0 aliphatic heterocycles. The average Bonchev–Trinajstić information content (AvgIpc) is 2.69. The third kappa shape index (κ3) is 5.51. The minimum Gasteiger partial charge on any atom is -0.350 e. The second kappa shape index (κ2) is 9.12. The van der Waals surface area contributed by atoms with Crippen LogP contribution >= 0.6 is 0 Å². The molecule has 0 radical (unpaired) electrons. The number of rotatable bonds is 6. The normalized spacial score (nSPS) is 13.6. The van der Waals surface area contributed by atoms with Crippen LogP contribution in [0.25, 0.3) is 0 Å². The van der Waals surface area contributed by atoms with E-state index in [4.69, 9.17) is 0 Å². The number of nitrogens with one attached hydrogen (secondary N) is 2. The van der Waals surface area contributed by atoms with E-state index in [0.717, 1.165) is 30.5 Å². The van der Waals surface area contributed by atoms with Crippen LogP contribution in [0, 0.1) is 6.92 Å². The minimum absolute atomic E-state index is 0.253. The van der Waals surface area contributed by atoms with Crippen molar-refractivity contribution in [2.75, 3.05) is 11.9 Å². The molecule has 0 unspecified atom stereocenters. The van der Waals surface area contributed by atoms with E-state index in [0.29, 0.717) is 12.1 Å². The molecule has 1 aliphatic carbocycles. The number of pyridine rings is 1. The van der Waals surface area contributed by atoms with Gasteiger partial charge in [-0.15, -0.1) is 0 Å². The molecule has 3 rings (SSSR count). The van der Waals surface area contributed by atoms with Gasteiger partial charge in [-0.1, -0.05) is 23.8 Å². The molecule has 27 heavy (non-hydrogen) atoms. The number of allylic oxidation sites excluding steroid dienone is 1. The number of benzene rings is 1. The van der Waals surface area contributed by atoms with Gasteiger partial charge in [-0.05, 0) is 68.9 Å². The van der Waals surface area contributed by atoms with E-state index in [1.807, 2.05) is 31.2 Å². The lowest BCUT2D eigenvalue weighted by Crippen LogP contribution is -2.26. The van der Waals surface area contributed by atoms with Gasteiger partial charge in [0.25, 0.3) is 11.8 Å². The molecule has 5 heteroatoms. The standard InChI is InChI=1S/C22H25N3O2/c1-16-6-5-9-19(14-16)25-21(26)18-11-13-23-20(15-18)22(27)24-12-10-17-7-3-2-4-8-17/h5-7,9,11,13-15H,2-4,8,10,12H2,1H3,(H,24,27)(H,25,26). The van der Waals surface area contributed by atoms with Gasteiger partial charge in [0, 0.05) is 24.0 Å². The van der Waals surface area contributed by atoms with Crippen LogP contribution in [-0.4, -0.2) is 23.3 Å². The number of anilines is 1. The molecule has 1 aromatic carbocycles. The van der Waals surface area contributed by atoms with Gasteiger partial charge in [0.05, 0.1) is 0 Å². The van der Waals surface area contributed by atoms with Crippen molar-refractivity contribution in [2.45, 2.75) is 39.0 Å². The van der Waals surface area contributed by atoms with Crippen LogP contribution in [0.15, 0.2) is 54.2 Å². The lowest BCUT2D eigenvalue weighted by atomic mass is 9.97. The first kappa shape index (κ1) is 18.8. The second-order valence-electron chi connectivity index (χ2n) is 6.87. The minimum atomic E-state index is -0.260. The van der Waals surface area contributed by atoms with E-state index in [1.165, 1.54) is 30.7 Å². The summed E-state index contributed by atoms with van der Waals surface area (Å²) in [5.41, 5.74) is 3.87. The molecule has 0 bridgehead atoms. The van der Waals surface area contributed by atoms with E-state index < -0.39 is 0 Å². The van der Waals surface area contributed by atoms with Crippen LogP contribution in [0.1, 0.15) is 58.5 Å². The Morgan fingerprint density at radius 3 is 2.78 bits per heavy atom. The van der Waals surface area contributed by atoms with Crippen LogP contribution in [-0.2, 0) is 0 Å². The van der Waals surface area contributed by atoms with Gasteiger partial charge >= 0.3 is 0 Å². The smallest absolute Gasteiger partial charge is 0.269 e. The van der Waals surface area contributed by atoms with Gasteiger partial charge in [-0.25, -0.2) is 0 Å². The Bertz CT molecular complexity index is 858. The van der Waals surface area contributed by atoms with Crippen LogP contribution in [0.5, 0.6) is 0 Å². The van der Waals surface area contributed by atoms with Crippen molar-refractivity contribution in [3.05, 3.63) is 71.1 Å². The molecule has 5 nitrogen and oxygen atoms in total. The van der Waals surface area contributed by atoms with Crippen molar-refractivity contribution in [1.29, 1.82) is 0 Å². The van der Waals surface area contributed by atoms with Gasteiger partial charge < -0.3 is 10.6 Å². The maximum Gasteiger partial charge on any atom is 0.269 e. The van der Waals surface area contributed by atoms with Crippen LogP contribution in [0.3, 0.4) is 0 Å². The predicted molar refractivity (Wildman–Crippen MR) is 107 cm³/mol. The van der Waals surface area contributed by atoms with E-state index in [9.17, 15) is 9.59 Å². The summed E-state index contributed by atoms with van der Waals surface area (Å²) in [6.45, 7) is 2.56. The third-order valence-corrected chi connectivity index (χ3v) is 4.65. The SMILES string of the molecule is Cc1cccc(NC(=O)c2ccnc(C(=O)NCCC3=CCCCC3)c2)c1. The lowest BCUT2D eigenvalue weighted by Gasteiger charge is -2.13. The Morgan fingerprint density at radius 1 is 1.11 bits per heavy atom. The molecule has 0 fully saturated rings. The van der Waals surface area contributed by atoms with Gasteiger partial charge in [-0.3, -0.25) is 14.6 Å². The van der Waals surface area contributed by atoms with Crippen molar-refractivity contribution in [3.8, 4) is 0 Å². The van der Waals surface area contributed by atoms with E-state index in [-0.39, 0.29) is 17.5 Å².